The fourth-order valence-electron chi connectivity index (χ4n) is 1.03. The van der Waals surface area contributed by atoms with Gasteiger partial charge in [0.15, 0.2) is 9.84 Å². The van der Waals surface area contributed by atoms with Gasteiger partial charge in [-0.05, 0) is 13.0 Å². The van der Waals surface area contributed by atoms with Crippen molar-refractivity contribution >= 4 is 21.6 Å². The zero-order valence-electron chi connectivity index (χ0n) is 8.93. The molecule has 0 radical (unpaired) electrons. The molecule has 0 saturated carbocycles. The molecule has 0 bridgehead atoms. The molecule has 0 aliphatic carbocycles. The minimum absolute atomic E-state index is 0.0372. The number of rotatable bonds is 3. The molecule has 7 heteroatoms. The fourth-order valence-corrected chi connectivity index (χ4v) is 1.61. The van der Waals surface area contributed by atoms with Gasteiger partial charge in [-0.25, -0.2) is 18.2 Å². The number of nitrogens with two attached hydrogens (primary N) is 1. The van der Waals surface area contributed by atoms with Crippen molar-refractivity contribution in [3.8, 4) is 0 Å². The first-order chi connectivity index (χ1) is 7.36. The smallest absolute Gasteiger partial charge is 0.341 e. The maximum Gasteiger partial charge on any atom is 0.341 e. The van der Waals surface area contributed by atoms with Crippen LogP contribution in [0.5, 0.6) is 0 Å². The summed E-state index contributed by atoms with van der Waals surface area (Å²) in [5.74, 6) is -0.733. The number of ether oxygens (including phenoxy) is 1. The molecule has 0 atom stereocenters. The number of nitrogens with zero attached hydrogens (tertiary/aromatic N) is 1. The zero-order valence-corrected chi connectivity index (χ0v) is 9.74. The van der Waals surface area contributed by atoms with Gasteiger partial charge < -0.3 is 10.5 Å². The minimum Gasteiger partial charge on any atom is -0.462 e. The van der Waals surface area contributed by atoms with Crippen LogP contribution in [0.3, 0.4) is 0 Å². The number of nitrogen functional groups attached to an aromatic ring is 1. The number of hydrogen-bond acceptors (Lipinski definition) is 6. The van der Waals surface area contributed by atoms with E-state index in [1.807, 2.05) is 0 Å². The van der Waals surface area contributed by atoms with E-state index in [-0.39, 0.29) is 22.9 Å². The number of carbonyl (C=O) groups is 1. The van der Waals surface area contributed by atoms with Crippen molar-refractivity contribution in [3.63, 3.8) is 0 Å². The second-order valence-corrected chi connectivity index (χ2v) is 5.11. The molecule has 0 aliphatic rings. The van der Waals surface area contributed by atoms with Gasteiger partial charge in [0.2, 0.25) is 0 Å². The third kappa shape index (κ3) is 2.69. The molecule has 1 aromatic heterocycles. The normalized spacial score (nSPS) is 11.1. The first-order valence-corrected chi connectivity index (χ1v) is 6.38. The van der Waals surface area contributed by atoms with Gasteiger partial charge in [-0.2, -0.15) is 0 Å². The largest absolute Gasteiger partial charge is 0.462 e. The Labute approximate surface area is 93.4 Å². The molecule has 1 heterocycles. The topological polar surface area (TPSA) is 99.4 Å². The molecule has 0 aliphatic heterocycles. The molecule has 0 aromatic carbocycles. The van der Waals surface area contributed by atoms with Gasteiger partial charge in [0, 0.05) is 12.5 Å². The van der Waals surface area contributed by atoms with Gasteiger partial charge in [0.05, 0.1) is 11.5 Å². The van der Waals surface area contributed by atoms with E-state index < -0.39 is 15.8 Å². The second kappa shape index (κ2) is 4.48. The van der Waals surface area contributed by atoms with Crippen LogP contribution in [-0.2, 0) is 14.6 Å². The van der Waals surface area contributed by atoms with E-state index in [0.29, 0.717) is 0 Å². The van der Waals surface area contributed by atoms with Gasteiger partial charge in [0.1, 0.15) is 11.4 Å². The highest BCUT2D eigenvalue weighted by Crippen LogP contribution is 2.15. The highest BCUT2D eigenvalue weighted by Gasteiger charge is 2.16. The molecule has 6 nitrogen and oxygen atoms in total. The first kappa shape index (κ1) is 12.4. The van der Waals surface area contributed by atoms with Crippen molar-refractivity contribution < 1.29 is 17.9 Å². The number of aromatic nitrogens is 1. The molecular formula is C9H12N2O4S. The Morgan fingerprint density at radius 1 is 1.56 bits per heavy atom. The summed E-state index contributed by atoms with van der Waals surface area (Å²) in [6.45, 7) is 1.82. The van der Waals surface area contributed by atoms with Crippen LogP contribution in [0.1, 0.15) is 17.3 Å². The number of carbonyl (C=O) groups excluding carboxylic acids is 1. The van der Waals surface area contributed by atoms with E-state index in [2.05, 4.69) is 4.98 Å². The van der Waals surface area contributed by atoms with Gasteiger partial charge in [-0.15, -0.1) is 0 Å². The van der Waals surface area contributed by atoms with E-state index in [4.69, 9.17) is 10.5 Å². The average molecular weight is 244 g/mol. The number of pyridine rings is 1. The zero-order chi connectivity index (χ0) is 12.3. The number of esters is 1. The standard InChI is InChI=1S/C9H12N2O4S/c1-3-15-9(12)7-4-6(16(2,13)14)5-11-8(7)10/h4-5H,3H2,1-2H3,(H2,10,11). The maximum atomic E-state index is 11.4. The minimum atomic E-state index is -3.42. The van der Waals surface area contributed by atoms with Gasteiger partial charge in [0.25, 0.3) is 0 Å². The maximum absolute atomic E-state index is 11.4. The Balaban J connectivity index is 3.24. The molecular weight excluding hydrogens is 232 g/mol. The van der Waals surface area contributed by atoms with Crippen molar-refractivity contribution in [2.45, 2.75) is 11.8 Å². The van der Waals surface area contributed by atoms with Crippen LogP contribution >= 0.6 is 0 Å². The van der Waals surface area contributed by atoms with E-state index in [9.17, 15) is 13.2 Å². The monoisotopic (exact) mass is 244 g/mol. The van der Waals surface area contributed by atoms with E-state index in [1.165, 1.54) is 0 Å². The summed E-state index contributed by atoms with van der Waals surface area (Å²) in [6.07, 6.45) is 2.13. The van der Waals surface area contributed by atoms with Crippen LogP contribution in [0, 0.1) is 0 Å². The van der Waals surface area contributed by atoms with Crippen LogP contribution in [0.4, 0.5) is 5.82 Å². The number of anilines is 1. The lowest BCUT2D eigenvalue weighted by Crippen LogP contribution is -2.11. The van der Waals surface area contributed by atoms with E-state index >= 15 is 0 Å². The lowest BCUT2D eigenvalue weighted by Gasteiger charge is -2.05. The second-order valence-electron chi connectivity index (χ2n) is 3.10. The molecule has 88 valence electrons. The van der Waals surface area contributed by atoms with Crippen LogP contribution in [0.25, 0.3) is 0 Å². The third-order valence-electron chi connectivity index (χ3n) is 1.82. The van der Waals surface area contributed by atoms with Crippen molar-refractivity contribution in [1.82, 2.24) is 4.98 Å². The van der Waals surface area contributed by atoms with E-state index in [0.717, 1.165) is 18.5 Å². The van der Waals surface area contributed by atoms with Crippen molar-refractivity contribution in [2.24, 2.45) is 0 Å². The highest BCUT2D eigenvalue weighted by molar-refractivity contribution is 7.90. The SMILES string of the molecule is CCOC(=O)c1cc(S(C)(=O)=O)cnc1N. The summed E-state index contributed by atoms with van der Waals surface area (Å²) in [6, 6.07) is 1.16. The predicted molar refractivity (Wildman–Crippen MR) is 57.7 cm³/mol. The molecule has 0 unspecified atom stereocenters. The quantitative estimate of drug-likeness (QED) is 0.765. The summed E-state index contributed by atoms with van der Waals surface area (Å²) < 4.78 is 27.2. The van der Waals surface area contributed by atoms with Gasteiger partial charge in [-0.1, -0.05) is 0 Å². The summed E-state index contributed by atoms with van der Waals surface area (Å²) in [5, 5.41) is 0. The average Bonchev–Trinajstić information content (AvgIpc) is 2.16. The lowest BCUT2D eigenvalue weighted by atomic mass is 10.2. The lowest BCUT2D eigenvalue weighted by molar-refractivity contribution is 0.0527. The summed E-state index contributed by atoms with van der Waals surface area (Å²) in [4.78, 5) is 15.0. The molecule has 1 aromatic rings. The summed E-state index contributed by atoms with van der Waals surface area (Å²) in [5.41, 5.74) is 5.42. The highest BCUT2D eigenvalue weighted by atomic mass is 32.2. The molecule has 2 N–H and O–H groups in total. The summed E-state index contributed by atoms with van der Waals surface area (Å²) in [7, 11) is -3.42. The van der Waals surface area contributed by atoms with Crippen molar-refractivity contribution in [1.29, 1.82) is 0 Å². The fraction of sp³-hybridized carbons (Fsp3) is 0.333. The number of sulfone groups is 1. The van der Waals surface area contributed by atoms with Gasteiger partial charge >= 0.3 is 5.97 Å². The van der Waals surface area contributed by atoms with Crippen molar-refractivity contribution in [3.05, 3.63) is 17.8 Å². The van der Waals surface area contributed by atoms with Crippen molar-refractivity contribution in [2.75, 3.05) is 18.6 Å². The Morgan fingerprint density at radius 3 is 2.69 bits per heavy atom. The van der Waals surface area contributed by atoms with Crippen LogP contribution in [0.15, 0.2) is 17.2 Å². The molecule has 1 rings (SSSR count). The predicted octanol–water partition coefficient (Wildman–Crippen LogP) is 0.244. The van der Waals surface area contributed by atoms with Gasteiger partial charge in [-0.3, -0.25) is 0 Å². The molecule has 0 spiro atoms. The Kier molecular flexibility index (Phi) is 3.48. The van der Waals surface area contributed by atoms with E-state index in [1.54, 1.807) is 6.92 Å². The Morgan fingerprint density at radius 2 is 2.19 bits per heavy atom. The Bertz CT molecular complexity index is 510. The molecule has 16 heavy (non-hydrogen) atoms. The third-order valence-corrected chi connectivity index (χ3v) is 2.90. The molecule has 0 saturated heterocycles. The first-order valence-electron chi connectivity index (χ1n) is 4.49. The molecule has 0 fully saturated rings. The molecule has 0 amide bonds. The Hall–Kier alpha value is -1.63. The van der Waals surface area contributed by atoms with Crippen LogP contribution < -0.4 is 5.73 Å². The van der Waals surface area contributed by atoms with Crippen LogP contribution in [-0.4, -0.2) is 32.2 Å². The summed E-state index contributed by atoms with van der Waals surface area (Å²) >= 11 is 0. The van der Waals surface area contributed by atoms with Crippen LogP contribution in [0.2, 0.25) is 0 Å². The number of hydrogen-bond donors (Lipinski definition) is 1.